The standard InChI is InChI=1S/C17H29NO3.ClH/c19-16(10-18-1-3-20-4-2-18)11-21-17-14-6-12-5-13(8-14)9-15(17)7-12;/h12-17,19H,1-11H2;1H/p-1. The summed E-state index contributed by atoms with van der Waals surface area (Å²) >= 11 is 0. The van der Waals surface area contributed by atoms with E-state index in [9.17, 15) is 5.11 Å². The summed E-state index contributed by atoms with van der Waals surface area (Å²) in [5.74, 6) is 3.56. The van der Waals surface area contributed by atoms with E-state index in [2.05, 4.69) is 4.90 Å². The Morgan fingerprint density at radius 3 is 2.18 bits per heavy atom. The maximum absolute atomic E-state index is 10.2. The van der Waals surface area contributed by atoms with Gasteiger partial charge in [0, 0.05) is 19.6 Å². The molecule has 1 saturated heterocycles. The Kier molecular flexibility index (Phi) is 5.67. The highest BCUT2D eigenvalue weighted by Gasteiger charge is 2.48. The Labute approximate surface area is 139 Å². The van der Waals surface area contributed by atoms with Gasteiger partial charge in [0.1, 0.15) is 0 Å². The van der Waals surface area contributed by atoms with Gasteiger partial charge in [0.2, 0.25) is 0 Å². The van der Waals surface area contributed by atoms with E-state index in [0.29, 0.717) is 12.7 Å². The van der Waals surface area contributed by atoms with Gasteiger partial charge in [-0.05, 0) is 55.8 Å². The minimum absolute atomic E-state index is 0. The van der Waals surface area contributed by atoms with Gasteiger partial charge in [-0.15, -0.1) is 0 Å². The molecular formula is C17H29ClNO3-. The second-order valence-corrected chi connectivity index (χ2v) is 7.80. The van der Waals surface area contributed by atoms with E-state index in [1.807, 2.05) is 0 Å². The molecule has 1 N–H and O–H groups in total. The molecule has 4 aliphatic carbocycles. The molecule has 0 spiro atoms. The summed E-state index contributed by atoms with van der Waals surface area (Å²) in [6.45, 7) is 4.72. The van der Waals surface area contributed by atoms with Gasteiger partial charge in [0.25, 0.3) is 0 Å². The molecule has 5 fully saturated rings. The van der Waals surface area contributed by atoms with Gasteiger partial charge in [0.15, 0.2) is 0 Å². The number of aliphatic hydroxyl groups is 1. The Hall–Kier alpha value is 0.130. The van der Waals surface area contributed by atoms with Crippen LogP contribution in [0.4, 0.5) is 0 Å². The summed E-state index contributed by atoms with van der Waals surface area (Å²) in [6, 6.07) is 0. The van der Waals surface area contributed by atoms with E-state index in [4.69, 9.17) is 9.47 Å². The second kappa shape index (κ2) is 7.35. The predicted molar refractivity (Wildman–Crippen MR) is 80.1 cm³/mol. The van der Waals surface area contributed by atoms with Crippen molar-refractivity contribution in [3.8, 4) is 0 Å². The number of hydrogen-bond donors (Lipinski definition) is 1. The van der Waals surface area contributed by atoms with Crippen molar-refractivity contribution in [2.24, 2.45) is 23.7 Å². The molecule has 128 valence electrons. The summed E-state index contributed by atoms with van der Waals surface area (Å²) in [5.41, 5.74) is 0. The number of ether oxygens (including phenoxy) is 2. The summed E-state index contributed by atoms with van der Waals surface area (Å²) in [6.07, 6.45) is 7.12. The highest BCUT2D eigenvalue weighted by molar-refractivity contribution is 4.99. The van der Waals surface area contributed by atoms with Crippen LogP contribution in [0.15, 0.2) is 0 Å². The maximum Gasteiger partial charge on any atom is 0.0900 e. The maximum atomic E-state index is 10.2. The predicted octanol–water partition coefficient (Wildman–Crippen LogP) is -1.48. The number of nitrogens with zero attached hydrogens (tertiary/aromatic N) is 1. The van der Waals surface area contributed by atoms with E-state index in [-0.39, 0.29) is 18.5 Å². The van der Waals surface area contributed by atoms with Crippen molar-refractivity contribution in [3.05, 3.63) is 0 Å². The minimum atomic E-state index is -0.347. The summed E-state index contributed by atoms with van der Waals surface area (Å²) in [5, 5.41) is 10.2. The SMILES string of the molecule is OC(COC1C2CC3CC(C2)CC1C3)CN1CCOCC1.[Cl-]. The van der Waals surface area contributed by atoms with Crippen molar-refractivity contribution in [1.29, 1.82) is 0 Å². The van der Waals surface area contributed by atoms with Crippen LogP contribution < -0.4 is 12.4 Å². The van der Waals surface area contributed by atoms with Crippen LogP contribution in [0.25, 0.3) is 0 Å². The first-order valence-corrected chi connectivity index (χ1v) is 8.87. The first kappa shape index (κ1) is 17.0. The van der Waals surface area contributed by atoms with Crippen molar-refractivity contribution in [2.75, 3.05) is 39.5 Å². The zero-order valence-corrected chi connectivity index (χ0v) is 14.1. The largest absolute Gasteiger partial charge is 1.00 e. The lowest BCUT2D eigenvalue weighted by Crippen LogP contribution is -3.00. The highest BCUT2D eigenvalue weighted by Crippen LogP contribution is 2.54. The number of rotatable bonds is 5. The Bertz CT molecular complexity index is 334. The molecule has 5 rings (SSSR count). The summed E-state index contributed by atoms with van der Waals surface area (Å²) in [7, 11) is 0. The lowest BCUT2D eigenvalue weighted by atomic mass is 9.55. The molecule has 5 aliphatic rings. The number of hydrogen-bond acceptors (Lipinski definition) is 4. The molecule has 1 aliphatic heterocycles. The average Bonchev–Trinajstić information content (AvgIpc) is 2.47. The summed E-state index contributed by atoms with van der Waals surface area (Å²) < 4.78 is 11.6. The third-order valence-electron chi connectivity index (χ3n) is 6.19. The molecule has 0 radical (unpaired) electrons. The van der Waals surface area contributed by atoms with Crippen LogP contribution >= 0.6 is 0 Å². The van der Waals surface area contributed by atoms with Crippen molar-refractivity contribution < 1.29 is 27.0 Å². The Morgan fingerprint density at radius 1 is 1.00 bits per heavy atom. The van der Waals surface area contributed by atoms with Crippen LogP contribution in [-0.4, -0.2) is 61.7 Å². The van der Waals surface area contributed by atoms with Crippen LogP contribution in [0.1, 0.15) is 32.1 Å². The van der Waals surface area contributed by atoms with Gasteiger partial charge in [-0.25, -0.2) is 0 Å². The number of aliphatic hydroxyl groups excluding tert-OH is 1. The first-order valence-electron chi connectivity index (χ1n) is 8.87. The minimum Gasteiger partial charge on any atom is -1.00 e. The Morgan fingerprint density at radius 2 is 1.59 bits per heavy atom. The number of halogens is 1. The van der Waals surface area contributed by atoms with E-state index in [1.165, 1.54) is 32.1 Å². The molecule has 1 heterocycles. The van der Waals surface area contributed by atoms with Gasteiger partial charge >= 0.3 is 0 Å². The van der Waals surface area contributed by atoms with E-state index < -0.39 is 0 Å². The highest BCUT2D eigenvalue weighted by atomic mass is 35.5. The van der Waals surface area contributed by atoms with Crippen molar-refractivity contribution in [1.82, 2.24) is 4.90 Å². The molecule has 1 unspecified atom stereocenters. The van der Waals surface area contributed by atoms with Crippen LogP contribution in [0, 0.1) is 23.7 Å². The van der Waals surface area contributed by atoms with Gasteiger partial charge in [-0.3, -0.25) is 4.90 Å². The smallest absolute Gasteiger partial charge is 0.0900 e. The van der Waals surface area contributed by atoms with Gasteiger partial charge in [0.05, 0.1) is 32.0 Å². The first-order chi connectivity index (χ1) is 10.3. The number of morpholine rings is 1. The Balaban J connectivity index is 0.00000144. The third-order valence-corrected chi connectivity index (χ3v) is 6.19. The fourth-order valence-corrected chi connectivity index (χ4v) is 5.50. The van der Waals surface area contributed by atoms with Crippen LogP contribution in [0.2, 0.25) is 0 Å². The zero-order valence-electron chi connectivity index (χ0n) is 13.3. The van der Waals surface area contributed by atoms with Crippen LogP contribution in [-0.2, 0) is 9.47 Å². The van der Waals surface area contributed by atoms with E-state index in [0.717, 1.165) is 56.5 Å². The molecule has 0 aromatic heterocycles. The van der Waals surface area contributed by atoms with Crippen molar-refractivity contribution in [2.45, 2.75) is 44.3 Å². The monoisotopic (exact) mass is 330 g/mol. The molecule has 0 aromatic carbocycles. The lowest BCUT2D eigenvalue weighted by molar-refractivity contribution is -0.142. The molecular weight excluding hydrogens is 302 g/mol. The fraction of sp³-hybridized carbons (Fsp3) is 1.00. The average molecular weight is 331 g/mol. The van der Waals surface area contributed by atoms with Gasteiger partial charge in [-0.2, -0.15) is 0 Å². The van der Waals surface area contributed by atoms with E-state index in [1.54, 1.807) is 0 Å². The normalized spacial score (nSPS) is 42.1. The van der Waals surface area contributed by atoms with Crippen molar-refractivity contribution in [3.63, 3.8) is 0 Å². The number of β-amino-alcohol motifs (C(OH)–C–C–N with tert-alkyl or cyclic N) is 1. The quantitative estimate of drug-likeness (QED) is 0.668. The molecule has 4 nitrogen and oxygen atoms in total. The molecule has 5 heteroatoms. The fourth-order valence-electron chi connectivity index (χ4n) is 5.50. The molecule has 0 aromatic rings. The third kappa shape index (κ3) is 3.62. The second-order valence-electron chi connectivity index (χ2n) is 7.80. The molecule has 0 amide bonds. The molecule has 22 heavy (non-hydrogen) atoms. The molecule has 4 bridgehead atoms. The van der Waals surface area contributed by atoms with Crippen molar-refractivity contribution >= 4 is 0 Å². The topological polar surface area (TPSA) is 41.9 Å². The van der Waals surface area contributed by atoms with Gasteiger partial charge in [-0.1, -0.05) is 0 Å². The zero-order chi connectivity index (χ0) is 14.2. The summed E-state index contributed by atoms with van der Waals surface area (Å²) in [4.78, 5) is 2.29. The van der Waals surface area contributed by atoms with E-state index >= 15 is 0 Å². The van der Waals surface area contributed by atoms with Gasteiger partial charge < -0.3 is 27.0 Å². The molecule has 1 atom stereocenters. The lowest BCUT2D eigenvalue weighted by Gasteiger charge is -2.54. The van der Waals surface area contributed by atoms with Crippen LogP contribution in [0.5, 0.6) is 0 Å². The molecule has 4 saturated carbocycles. The van der Waals surface area contributed by atoms with Crippen LogP contribution in [0.3, 0.4) is 0 Å².